The van der Waals surface area contributed by atoms with Crippen molar-refractivity contribution in [1.82, 2.24) is 5.32 Å². The molecule has 1 fully saturated rings. The highest BCUT2D eigenvalue weighted by Gasteiger charge is 2.25. The SMILES string of the molecule is CCC(C)C(NCc1ccc(C2CC2)cc1)C(=O)OC. The summed E-state index contributed by atoms with van der Waals surface area (Å²) in [6.07, 6.45) is 3.61. The first kappa shape index (κ1) is 15.0. The summed E-state index contributed by atoms with van der Waals surface area (Å²) in [5.41, 5.74) is 2.66. The summed E-state index contributed by atoms with van der Waals surface area (Å²) in [5.74, 6) is 0.891. The minimum atomic E-state index is -0.229. The zero-order chi connectivity index (χ0) is 14.5. The van der Waals surface area contributed by atoms with Gasteiger partial charge in [-0.3, -0.25) is 4.79 Å². The normalized spacial score (nSPS) is 17.6. The van der Waals surface area contributed by atoms with E-state index in [1.165, 1.54) is 31.1 Å². The van der Waals surface area contributed by atoms with Crippen LogP contribution in [0.2, 0.25) is 0 Å². The van der Waals surface area contributed by atoms with Gasteiger partial charge in [0, 0.05) is 6.54 Å². The fraction of sp³-hybridized carbons (Fsp3) is 0.588. The number of rotatable bonds is 7. The average Bonchev–Trinajstić information content (AvgIpc) is 3.32. The Morgan fingerprint density at radius 1 is 1.35 bits per heavy atom. The van der Waals surface area contributed by atoms with Crippen molar-refractivity contribution in [3.63, 3.8) is 0 Å². The second-order valence-electron chi connectivity index (χ2n) is 5.78. The van der Waals surface area contributed by atoms with Gasteiger partial charge in [-0.2, -0.15) is 0 Å². The summed E-state index contributed by atoms with van der Waals surface area (Å²) in [5, 5.41) is 3.33. The number of ether oxygens (including phenoxy) is 1. The summed E-state index contributed by atoms with van der Waals surface area (Å²) in [7, 11) is 1.45. The van der Waals surface area contributed by atoms with Crippen LogP contribution in [0.3, 0.4) is 0 Å². The molecule has 2 unspecified atom stereocenters. The molecule has 2 atom stereocenters. The molecule has 110 valence electrons. The van der Waals surface area contributed by atoms with Crippen LogP contribution in [0.15, 0.2) is 24.3 Å². The van der Waals surface area contributed by atoms with Gasteiger partial charge in [0.25, 0.3) is 0 Å². The van der Waals surface area contributed by atoms with Crippen molar-refractivity contribution in [3.05, 3.63) is 35.4 Å². The molecular weight excluding hydrogens is 250 g/mol. The number of methoxy groups -OCH3 is 1. The predicted molar refractivity (Wildman–Crippen MR) is 80.5 cm³/mol. The maximum atomic E-state index is 11.8. The fourth-order valence-corrected chi connectivity index (χ4v) is 2.43. The molecule has 1 saturated carbocycles. The van der Waals surface area contributed by atoms with Gasteiger partial charge >= 0.3 is 5.97 Å². The molecule has 1 aromatic rings. The number of esters is 1. The first-order chi connectivity index (χ1) is 9.65. The van der Waals surface area contributed by atoms with E-state index in [1.807, 2.05) is 0 Å². The van der Waals surface area contributed by atoms with Gasteiger partial charge in [0.15, 0.2) is 0 Å². The van der Waals surface area contributed by atoms with Gasteiger partial charge in [0.05, 0.1) is 7.11 Å². The molecule has 0 aromatic heterocycles. The first-order valence-electron chi connectivity index (χ1n) is 7.55. The molecule has 3 heteroatoms. The van der Waals surface area contributed by atoms with Crippen LogP contribution in [0.1, 0.15) is 50.2 Å². The van der Waals surface area contributed by atoms with E-state index in [9.17, 15) is 4.79 Å². The third-order valence-electron chi connectivity index (χ3n) is 4.22. The Bertz CT molecular complexity index is 437. The van der Waals surface area contributed by atoms with Crippen LogP contribution in [0.4, 0.5) is 0 Å². The van der Waals surface area contributed by atoms with Crippen LogP contribution in [0.25, 0.3) is 0 Å². The number of benzene rings is 1. The molecule has 20 heavy (non-hydrogen) atoms. The van der Waals surface area contributed by atoms with E-state index in [2.05, 4.69) is 43.4 Å². The summed E-state index contributed by atoms with van der Waals surface area (Å²) >= 11 is 0. The number of carbonyl (C=O) groups excluding carboxylic acids is 1. The van der Waals surface area contributed by atoms with Crippen molar-refractivity contribution < 1.29 is 9.53 Å². The lowest BCUT2D eigenvalue weighted by Gasteiger charge is -2.22. The molecule has 0 radical (unpaired) electrons. The Morgan fingerprint density at radius 2 is 2.00 bits per heavy atom. The van der Waals surface area contributed by atoms with Crippen molar-refractivity contribution in [1.29, 1.82) is 0 Å². The second-order valence-corrected chi connectivity index (χ2v) is 5.78. The Balaban J connectivity index is 1.92. The number of carbonyl (C=O) groups is 1. The molecular formula is C17H25NO2. The molecule has 1 aromatic carbocycles. The van der Waals surface area contributed by atoms with Gasteiger partial charge < -0.3 is 10.1 Å². The third-order valence-corrected chi connectivity index (χ3v) is 4.22. The van der Waals surface area contributed by atoms with Gasteiger partial charge in [-0.1, -0.05) is 44.5 Å². The molecule has 0 spiro atoms. The Labute approximate surface area is 121 Å². The smallest absolute Gasteiger partial charge is 0.323 e. The molecule has 0 amide bonds. The van der Waals surface area contributed by atoms with Gasteiger partial charge in [-0.15, -0.1) is 0 Å². The van der Waals surface area contributed by atoms with E-state index in [-0.39, 0.29) is 17.9 Å². The maximum Gasteiger partial charge on any atom is 0.323 e. The average molecular weight is 275 g/mol. The quantitative estimate of drug-likeness (QED) is 0.776. The standard InChI is InChI=1S/C17H25NO2/c1-4-12(2)16(17(19)20-3)18-11-13-5-7-14(8-6-13)15-9-10-15/h5-8,12,15-16,18H,4,9-11H2,1-3H3. The van der Waals surface area contributed by atoms with E-state index >= 15 is 0 Å². The molecule has 2 rings (SSSR count). The van der Waals surface area contributed by atoms with Crippen LogP contribution in [-0.2, 0) is 16.1 Å². The highest BCUT2D eigenvalue weighted by molar-refractivity contribution is 5.75. The molecule has 3 nitrogen and oxygen atoms in total. The lowest BCUT2D eigenvalue weighted by molar-refractivity contribution is -0.144. The zero-order valence-electron chi connectivity index (χ0n) is 12.7. The minimum Gasteiger partial charge on any atom is -0.468 e. The van der Waals surface area contributed by atoms with Crippen molar-refractivity contribution in [2.45, 2.75) is 51.6 Å². The minimum absolute atomic E-state index is 0.172. The van der Waals surface area contributed by atoms with E-state index < -0.39 is 0 Å². The van der Waals surface area contributed by atoms with E-state index in [4.69, 9.17) is 4.74 Å². The lowest BCUT2D eigenvalue weighted by atomic mass is 9.99. The van der Waals surface area contributed by atoms with Gasteiger partial charge in [0.1, 0.15) is 6.04 Å². The third kappa shape index (κ3) is 3.83. The summed E-state index contributed by atoms with van der Waals surface area (Å²) < 4.78 is 4.88. The largest absolute Gasteiger partial charge is 0.468 e. The van der Waals surface area contributed by atoms with Gasteiger partial charge in [-0.25, -0.2) is 0 Å². The summed E-state index contributed by atoms with van der Waals surface area (Å²) in [4.78, 5) is 11.8. The number of hydrogen-bond donors (Lipinski definition) is 1. The van der Waals surface area contributed by atoms with Gasteiger partial charge in [-0.05, 0) is 35.8 Å². The van der Waals surface area contributed by atoms with Crippen molar-refractivity contribution in [2.75, 3.05) is 7.11 Å². The molecule has 0 bridgehead atoms. The Morgan fingerprint density at radius 3 is 2.50 bits per heavy atom. The van der Waals surface area contributed by atoms with Gasteiger partial charge in [0.2, 0.25) is 0 Å². The van der Waals surface area contributed by atoms with Crippen molar-refractivity contribution in [3.8, 4) is 0 Å². The zero-order valence-corrected chi connectivity index (χ0v) is 12.7. The number of hydrogen-bond acceptors (Lipinski definition) is 3. The van der Waals surface area contributed by atoms with Crippen molar-refractivity contribution >= 4 is 5.97 Å². The van der Waals surface area contributed by atoms with Crippen LogP contribution < -0.4 is 5.32 Å². The Hall–Kier alpha value is -1.35. The van der Waals surface area contributed by atoms with Crippen molar-refractivity contribution in [2.24, 2.45) is 5.92 Å². The highest BCUT2D eigenvalue weighted by Crippen LogP contribution is 2.39. The molecule has 1 aliphatic rings. The molecule has 0 heterocycles. The van der Waals surface area contributed by atoms with Crippen LogP contribution in [-0.4, -0.2) is 19.1 Å². The molecule has 1 N–H and O–H groups in total. The Kier molecular flexibility index (Phi) is 5.18. The lowest BCUT2D eigenvalue weighted by Crippen LogP contribution is -2.42. The van der Waals surface area contributed by atoms with Crippen LogP contribution >= 0.6 is 0 Å². The molecule has 0 aliphatic heterocycles. The monoisotopic (exact) mass is 275 g/mol. The van der Waals surface area contributed by atoms with E-state index in [0.29, 0.717) is 6.54 Å². The molecule has 1 aliphatic carbocycles. The predicted octanol–water partition coefficient (Wildman–Crippen LogP) is 3.24. The maximum absolute atomic E-state index is 11.8. The molecule has 0 saturated heterocycles. The van der Waals surface area contributed by atoms with Crippen LogP contribution in [0, 0.1) is 5.92 Å². The van der Waals surface area contributed by atoms with E-state index in [1.54, 1.807) is 0 Å². The summed E-state index contributed by atoms with van der Waals surface area (Å²) in [6, 6.07) is 8.51. The first-order valence-corrected chi connectivity index (χ1v) is 7.55. The summed E-state index contributed by atoms with van der Waals surface area (Å²) in [6.45, 7) is 4.87. The topological polar surface area (TPSA) is 38.3 Å². The van der Waals surface area contributed by atoms with E-state index in [0.717, 1.165) is 12.3 Å². The van der Waals surface area contributed by atoms with Crippen LogP contribution in [0.5, 0.6) is 0 Å². The second kappa shape index (κ2) is 6.89. The number of nitrogens with one attached hydrogen (secondary N) is 1. The fourth-order valence-electron chi connectivity index (χ4n) is 2.43. The highest BCUT2D eigenvalue weighted by atomic mass is 16.5.